The average Bonchev–Trinajstić information content (AvgIpc) is 3.01. The number of anilines is 1. The number of likely N-dealkylation sites (tertiary alicyclic amines) is 1. The maximum absolute atomic E-state index is 11.9. The highest BCUT2D eigenvalue weighted by molar-refractivity contribution is 5.95. The van der Waals surface area contributed by atoms with E-state index < -0.39 is 0 Å². The van der Waals surface area contributed by atoms with Gasteiger partial charge in [-0.3, -0.25) is 4.79 Å². The Balaban J connectivity index is 1.87. The SMILES string of the molecule is COC(=O)c1ccccc1NCCC(=O)N1CCCC1. The molecule has 0 aromatic heterocycles. The van der Waals surface area contributed by atoms with E-state index in [0.717, 1.165) is 25.9 Å². The van der Waals surface area contributed by atoms with Gasteiger partial charge in [-0.15, -0.1) is 0 Å². The number of para-hydroxylation sites is 1. The summed E-state index contributed by atoms with van der Waals surface area (Å²) >= 11 is 0. The van der Waals surface area contributed by atoms with Crippen molar-refractivity contribution in [1.82, 2.24) is 4.90 Å². The molecular weight excluding hydrogens is 256 g/mol. The van der Waals surface area contributed by atoms with Gasteiger partial charge < -0.3 is 15.0 Å². The van der Waals surface area contributed by atoms with Crippen LogP contribution in [-0.2, 0) is 9.53 Å². The first-order valence-electron chi connectivity index (χ1n) is 6.91. The summed E-state index contributed by atoms with van der Waals surface area (Å²) in [6.07, 6.45) is 2.64. The van der Waals surface area contributed by atoms with E-state index in [0.29, 0.717) is 24.2 Å². The number of rotatable bonds is 5. The van der Waals surface area contributed by atoms with Gasteiger partial charge in [-0.2, -0.15) is 0 Å². The summed E-state index contributed by atoms with van der Waals surface area (Å²) in [6.45, 7) is 2.26. The van der Waals surface area contributed by atoms with Crippen molar-refractivity contribution in [2.75, 3.05) is 32.1 Å². The lowest BCUT2D eigenvalue weighted by Crippen LogP contribution is -2.29. The largest absolute Gasteiger partial charge is 0.465 e. The van der Waals surface area contributed by atoms with Gasteiger partial charge in [-0.1, -0.05) is 12.1 Å². The van der Waals surface area contributed by atoms with Crippen LogP contribution in [0, 0.1) is 0 Å². The first kappa shape index (κ1) is 14.4. The van der Waals surface area contributed by atoms with Crippen molar-refractivity contribution in [3.8, 4) is 0 Å². The smallest absolute Gasteiger partial charge is 0.339 e. The number of esters is 1. The molecule has 0 atom stereocenters. The first-order chi connectivity index (χ1) is 9.72. The second-order valence-electron chi connectivity index (χ2n) is 4.80. The molecule has 1 saturated heterocycles. The molecule has 0 unspecified atom stereocenters. The van der Waals surface area contributed by atoms with Crippen molar-refractivity contribution in [3.05, 3.63) is 29.8 Å². The minimum absolute atomic E-state index is 0.172. The summed E-state index contributed by atoms with van der Waals surface area (Å²) < 4.78 is 4.73. The van der Waals surface area contributed by atoms with E-state index in [1.165, 1.54) is 7.11 Å². The zero-order chi connectivity index (χ0) is 14.4. The second kappa shape index (κ2) is 6.93. The van der Waals surface area contributed by atoms with Gasteiger partial charge in [0.25, 0.3) is 0 Å². The number of carbonyl (C=O) groups is 2. The Kier molecular flexibility index (Phi) is 4.98. The number of carbonyl (C=O) groups excluding carboxylic acids is 2. The molecule has 1 aromatic carbocycles. The van der Waals surface area contributed by atoms with E-state index in [4.69, 9.17) is 4.74 Å². The van der Waals surface area contributed by atoms with Gasteiger partial charge in [-0.05, 0) is 25.0 Å². The molecule has 0 radical (unpaired) electrons. The van der Waals surface area contributed by atoms with Gasteiger partial charge in [0.15, 0.2) is 0 Å². The predicted molar refractivity (Wildman–Crippen MR) is 76.7 cm³/mol. The van der Waals surface area contributed by atoms with E-state index >= 15 is 0 Å². The number of amides is 1. The van der Waals surface area contributed by atoms with Gasteiger partial charge >= 0.3 is 5.97 Å². The van der Waals surface area contributed by atoms with E-state index in [2.05, 4.69) is 5.32 Å². The van der Waals surface area contributed by atoms with Crippen molar-refractivity contribution < 1.29 is 14.3 Å². The molecule has 5 heteroatoms. The highest BCUT2D eigenvalue weighted by Crippen LogP contribution is 2.16. The Bertz CT molecular complexity index is 482. The van der Waals surface area contributed by atoms with Crippen molar-refractivity contribution in [1.29, 1.82) is 0 Å². The predicted octanol–water partition coefficient (Wildman–Crippen LogP) is 1.90. The third kappa shape index (κ3) is 3.50. The van der Waals surface area contributed by atoms with Gasteiger partial charge in [0, 0.05) is 31.7 Å². The molecule has 1 aliphatic rings. The fourth-order valence-electron chi connectivity index (χ4n) is 2.35. The Morgan fingerprint density at radius 1 is 1.25 bits per heavy atom. The lowest BCUT2D eigenvalue weighted by atomic mass is 10.1. The minimum atomic E-state index is -0.376. The lowest BCUT2D eigenvalue weighted by molar-refractivity contribution is -0.129. The van der Waals surface area contributed by atoms with E-state index in [1.54, 1.807) is 12.1 Å². The molecule has 1 amide bonds. The minimum Gasteiger partial charge on any atom is -0.465 e. The number of hydrogen-bond donors (Lipinski definition) is 1. The monoisotopic (exact) mass is 276 g/mol. The van der Waals surface area contributed by atoms with Crippen molar-refractivity contribution in [2.24, 2.45) is 0 Å². The van der Waals surface area contributed by atoms with Crippen LogP contribution in [0.5, 0.6) is 0 Å². The third-order valence-electron chi connectivity index (χ3n) is 3.45. The molecule has 2 rings (SSSR count). The number of benzene rings is 1. The van der Waals surface area contributed by atoms with Gasteiger partial charge in [0.2, 0.25) is 5.91 Å². The summed E-state index contributed by atoms with van der Waals surface area (Å²) in [5.41, 5.74) is 1.19. The van der Waals surface area contributed by atoms with Crippen molar-refractivity contribution in [3.63, 3.8) is 0 Å². The lowest BCUT2D eigenvalue weighted by Gasteiger charge is -2.16. The van der Waals surface area contributed by atoms with Crippen LogP contribution in [0.15, 0.2) is 24.3 Å². The number of hydrogen-bond acceptors (Lipinski definition) is 4. The highest BCUT2D eigenvalue weighted by atomic mass is 16.5. The summed E-state index contributed by atoms with van der Waals surface area (Å²) in [6, 6.07) is 7.15. The molecule has 108 valence electrons. The van der Waals surface area contributed by atoms with Crippen LogP contribution in [-0.4, -0.2) is 43.5 Å². The zero-order valence-corrected chi connectivity index (χ0v) is 11.7. The molecule has 1 fully saturated rings. The van der Waals surface area contributed by atoms with Crippen molar-refractivity contribution in [2.45, 2.75) is 19.3 Å². The van der Waals surface area contributed by atoms with Crippen LogP contribution in [0.25, 0.3) is 0 Å². The van der Waals surface area contributed by atoms with E-state index in [-0.39, 0.29) is 11.9 Å². The molecule has 20 heavy (non-hydrogen) atoms. The van der Waals surface area contributed by atoms with Crippen LogP contribution < -0.4 is 5.32 Å². The van der Waals surface area contributed by atoms with Crippen LogP contribution in [0.1, 0.15) is 29.6 Å². The van der Waals surface area contributed by atoms with E-state index in [9.17, 15) is 9.59 Å². The molecule has 1 heterocycles. The summed E-state index contributed by atoms with van der Waals surface area (Å²) in [7, 11) is 1.36. The third-order valence-corrected chi connectivity index (χ3v) is 3.45. The standard InChI is InChI=1S/C15H20N2O3/c1-20-15(19)12-6-2-3-7-13(12)16-9-8-14(18)17-10-4-5-11-17/h2-3,6-7,16H,4-5,8-11H2,1H3. The summed E-state index contributed by atoms with van der Waals surface area (Å²) in [5, 5.41) is 3.13. The molecule has 1 N–H and O–H groups in total. The fraction of sp³-hybridized carbons (Fsp3) is 0.467. The first-order valence-corrected chi connectivity index (χ1v) is 6.91. The van der Waals surface area contributed by atoms with Gasteiger partial charge in [0.1, 0.15) is 0 Å². The van der Waals surface area contributed by atoms with Gasteiger partial charge in [0.05, 0.1) is 12.7 Å². The summed E-state index contributed by atoms with van der Waals surface area (Å²) in [4.78, 5) is 25.4. The number of ether oxygens (including phenoxy) is 1. The Morgan fingerprint density at radius 3 is 2.65 bits per heavy atom. The summed E-state index contributed by atoms with van der Waals surface area (Å²) in [5.74, 6) is -0.204. The molecule has 0 bridgehead atoms. The maximum atomic E-state index is 11.9. The van der Waals surface area contributed by atoms with Gasteiger partial charge in [-0.25, -0.2) is 4.79 Å². The Labute approximate surface area is 118 Å². The molecule has 0 spiro atoms. The number of nitrogens with zero attached hydrogens (tertiary/aromatic N) is 1. The second-order valence-corrected chi connectivity index (χ2v) is 4.80. The number of nitrogens with one attached hydrogen (secondary N) is 1. The molecular formula is C15H20N2O3. The topological polar surface area (TPSA) is 58.6 Å². The normalized spacial score (nSPS) is 14.2. The quantitative estimate of drug-likeness (QED) is 0.834. The van der Waals surface area contributed by atoms with Crippen LogP contribution in [0.3, 0.4) is 0 Å². The highest BCUT2D eigenvalue weighted by Gasteiger charge is 2.17. The average molecular weight is 276 g/mol. The Hall–Kier alpha value is -2.04. The Morgan fingerprint density at radius 2 is 1.95 bits per heavy atom. The molecule has 1 aromatic rings. The number of methoxy groups -OCH3 is 1. The molecule has 0 saturated carbocycles. The zero-order valence-electron chi connectivity index (χ0n) is 11.7. The van der Waals surface area contributed by atoms with Crippen LogP contribution in [0.4, 0.5) is 5.69 Å². The van der Waals surface area contributed by atoms with Crippen molar-refractivity contribution >= 4 is 17.6 Å². The maximum Gasteiger partial charge on any atom is 0.339 e. The molecule has 1 aliphatic heterocycles. The van der Waals surface area contributed by atoms with Crippen LogP contribution >= 0.6 is 0 Å². The van der Waals surface area contributed by atoms with E-state index in [1.807, 2.05) is 17.0 Å². The molecule has 5 nitrogen and oxygen atoms in total. The molecule has 0 aliphatic carbocycles. The van der Waals surface area contributed by atoms with Crippen LogP contribution in [0.2, 0.25) is 0 Å². The fourth-order valence-corrected chi connectivity index (χ4v) is 2.35.